The van der Waals surface area contributed by atoms with E-state index in [-0.39, 0.29) is 0 Å². The van der Waals surface area contributed by atoms with Crippen LogP contribution in [0.1, 0.15) is 49.9 Å². The lowest BCUT2D eigenvalue weighted by atomic mass is 9.93. The molecule has 210 valence electrons. The maximum Gasteiger partial charge on any atom is 0.408 e. The van der Waals surface area contributed by atoms with Crippen LogP contribution in [0.5, 0.6) is 0 Å². The van der Waals surface area contributed by atoms with E-state index in [0.717, 1.165) is 26.8 Å². The quantitative estimate of drug-likeness (QED) is 0.241. The van der Waals surface area contributed by atoms with E-state index in [0.29, 0.717) is 23.4 Å². The number of thioether (sulfide) groups is 1. The molecule has 3 rings (SSSR count). The van der Waals surface area contributed by atoms with Crippen molar-refractivity contribution in [3.8, 4) is 12.5 Å². The highest BCUT2D eigenvalue weighted by Crippen LogP contribution is 2.30. The van der Waals surface area contributed by atoms with E-state index >= 15 is 0 Å². The van der Waals surface area contributed by atoms with E-state index in [1.54, 1.807) is 20.8 Å². The number of anilines is 1. The molecule has 3 amide bonds. The molecule has 2 N–H and O–H groups in total. The molecule has 0 saturated heterocycles. The lowest BCUT2D eigenvalue weighted by Crippen LogP contribution is -2.51. The molecule has 0 aliphatic rings. The Balaban J connectivity index is 2.02. The van der Waals surface area contributed by atoms with E-state index in [9.17, 15) is 14.4 Å². The monoisotopic (exact) mass is 559 g/mol. The molecule has 2 atom stereocenters. The molecule has 0 radical (unpaired) electrons. The summed E-state index contributed by atoms with van der Waals surface area (Å²) < 4.78 is 5.40. The highest BCUT2D eigenvalue weighted by atomic mass is 32.2. The summed E-state index contributed by atoms with van der Waals surface area (Å²) >= 11 is 1.53. The van der Waals surface area contributed by atoms with Gasteiger partial charge in [-0.05, 0) is 92.6 Å². The molecule has 0 aromatic heterocycles. The number of hydrogen-bond acceptors (Lipinski definition) is 5. The number of amides is 3. The maximum atomic E-state index is 14.0. The first-order valence-corrected chi connectivity index (χ1v) is 14.5. The van der Waals surface area contributed by atoms with Gasteiger partial charge in [0.05, 0.1) is 0 Å². The fourth-order valence-corrected chi connectivity index (χ4v) is 4.96. The van der Waals surface area contributed by atoms with Crippen molar-refractivity contribution in [3.63, 3.8) is 0 Å². The summed E-state index contributed by atoms with van der Waals surface area (Å²) in [5, 5.41) is 7.64. The summed E-state index contributed by atoms with van der Waals surface area (Å²) in [5.74, 6) is -0.439. The number of nitrogens with zero attached hydrogens (tertiary/aromatic N) is 1. The van der Waals surface area contributed by atoms with Crippen molar-refractivity contribution < 1.29 is 19.1 Å². The first-order valence-electron chi connectivity index (χ1n) is 13.1. The van der Waals surface area contributed by atoms with E-state index in [1.807, 2.05) is 80.8 Å². The lowest BCUT2D eigenvalue weighted by Gasteiger charge is -2.32. The van der Waals surface area contributed by atoms with Gasteiger partial charge in [-0.2, -0.15) is 11.8 Å². The fraction of sp³-hybridized carbons (Fsp3) is 0.344. The summed E-state index contributed by atoms with van der Waals surface area (Å²) in [5.41, 5.74) is 2.09. The molecular weight excluding hydrogens is 522 g/mol. The molecule has 40 heavy (non-hydrogen) atoms. The number of fused-ring (bicyclic) bond motifs is 1. The smallest absolute Gasteiger partial charge is 0.408 e. The molecule has 0 heterocycles. The van der Waals surface area contributed by atoms with E-state index in [2.05, 4.69) is 16.7 Å². The number of nitrogens with one attached hydrogen (secondary N) is 2. The average molecular weight is 560 g/mol. The average Bonchev–Trinajstić information content (AvgIpc) is 2.89. The van der Waals surface area contributed by atoms with E-state index in [1.165, 1.54) is 11.8 Å². The number of terminal acetylenes is 1. The number of alkyl carbamates (subject to hydrolysis) is 1. The number of carbonyl (C=O) groups excluding carboxylic acids is 3. The highest BCUT2D eigenvalue weighted by molar-refractivity contribution is 7.98. The van der Waals surface area contributed by atoms with Crippen LogP contribution in [0.3, 0.4) is 0 Å². The molecule has 2 unspecified atom stereocenters. The van der Waals surface area contributed by atoms with Gasteiger partial charge in [0.1, 0.15) is 17.7 Å². The Labute approximate surface area is 241 Å². The molecule has 3 aromatic rings. The standard InChI is InChI=1S/C32H37N3O4S/c1-8-35(30(37)26(18-19-40-7)34-31(38)39-32(4,5)6)28(27-21(2)12-11-13-22(27)3)29(36)33-25-17-16-23-14-9-10-15-24(23)20-25/h1,9-17,20,26,28H,18-19H2,2-7H3,(H,33,36)(H,34,38). The maximum absolute atomic E-state index is 14.0. The van der Waals surface area contributed by atoms with Crippen LogP contribution in [0, 0.1) is 26.3 Å². The third kappa shape index (κ3) is 7.80. The topological polar surface area (TPSA) is 87.7 Å². The summed E-state index contributed by atoms with van der Waals surface area (Å²) in [4.78, 5) is 41.7. The Hall–Kier alpha value is -3.96. The van der Waals surface area contributed by atoms with Gasteiger partial charge in [0.15, 0.2) is 0 Å². The molecule has 0 aliphatic heterocycles. The van der Waals surface area contributed by atoms with Crippen LogP contribution in [-0.4, -0.2) is 46.5 Å². The summed E-state index contributed by atoms with van der Waals surface area (Å²) in [6, 6.07) is 19.4. The zero-order valence-corrected chi connectivity index (χ0v) is 24.7. The van der Waals surface area contributed by atoms with Gasteiger partial charge < -0.3 is 15.4 Å². The van der Waals surface area contributed by atoms with Crippen molar-refractivity contribution in [3.05, 3.63) is 77.4 Å². The van der Waals surface area contributed by atoms with Crippen molar-refractivity contribution in [2.45, 2.75) is 58.7 Å². The van der Waals surface area contributed by atoms with Crippen LogP contribution < -0.4 is 10.6 Å². The lowest BCUT2D eigenvalue weighted by molar-refractivity contribution is -0.136. The third-order valence-electron chi connectivity index (χ3n) is 6.32. The Kier molecular flexibility index (Phi) is 10.2. The molecule has 7 nitrogen and oxygen atoms in total. The minimum absolute atomic E-state index is 0.309. The van der Waals surface area contributed by atoms with Crippen LogP contribution in [0.2, 0.25) is 0 Å². The number of hydrogen-bond donors (Lipinski definition) is 2. The SMILES string of the molecule is C#CN(C(=O)C(CCSC)NC(=O)OC(C)(C)C)C(C(=O)Nc1ccc2ccccc2c1)c1c(C)cccc1C. The van der Waals surface area contributed by atoms with Crippen LogP contribution >= 0.6 is 11.8 Å². The van der Waals surface area contributed by atoms with Gasteiger partial charge in [0.2, 0.25) is 0 Å². The van der Waals surface area contributed by atoms with Crippen molar-refractivity contribution in [1.82, 2.24) is 10.2 Å². The van der Waals surface area contributed by atoms with Gasteiger partial charge in [-0.25, -0.2) is 4.79 Å². The number of carbonyl (C=O) groups is 3. The Morgan fingerprint density at radius 2 is 1.65 bits per heavy atom. The van der Waals surface area contributed by atoms with Gasteiger partial charge in [0, 0.05) is 11.7 Å². The van der Waals surface area contributed by atoms with Crippen LogP contribution in [0.25, 0.3) is 10.8 Å². The molecule has 8 heteroatoms. The second kappa shape index (κ2) is 13.4. The molecule has 0 fully saturated rings. The zero-order chi connectivity index (χ0) is 29.4. The molecule has 0 spiro atoms. The predicted octanol–water partition coefficient (Wildman–Crippen LogP) is 6.20. The predicted molar refractivity (Wildman–Crippen MR) is 163 cm³/mol. The fourth-order valence-electron chi connectivity index (χ4n) is 4.49. The van der Waals surface area contributed by atoms with Crippen molar-refractivity contribution in [1.29, 1.82) is 0 Å². The van der Waals surface area contributed by atoms with E-state index < -0.39 is 35.6 Å². The molecule has 0 aliphatic carbocycles. The van der Waals surface area contributed by atoms with Crippen LogP contribution in [0.15, 0.2) is 60.7 Å². The van der Waals surface area contributed by atoms with Gasteiger partial charge in [-0.15, -0.1) is 0 Å². The van der Waals surface area contributed by atoms with Gasteiger partial charge in [-0.1, -0.05) is 55.0 Å². The molecule has 3 aromatic carbocycles. The van der Waals surface area contributed by atoms with Gasteiger partial charge >= 0.3 is 6.09 Å². The second-order valence-electron chi connectivity index (χ2n) is 10.6. The summed E-state index contributed by atoms with van der Waals surface area (Å²) in [7, 11) is 0. The largest absolute Gasteiger partial charge is 0.444 e. The Morgan fingerprint density at radius 1 is 1.00 bits per heavy atom. The van der Waals surface area contributed by atoms with E-state index in [4.69, 9.17) is 11.2 Å². The summed E-state index contributed by atoms with van der Waals surface area (Å²) in [6.45, 7) is 8.98. The molecule has 0 bridgehead atoms. The number of benzene rings is 3. The van der Waals surface area contributed by atoms with Crippen molar-refractivity contribution in [2.24, 2.45) is 0 Å². The summed E-state index contributed by atoms with van der Waals surface area (Å²) in [6.07, 6.45) is 7.43. The Bertz CT molecular complexity index is 1400. The van der Waals surface area contributed by atoms with Crippen molar-refractivity contribution in [2.75, 3.05) is 17.3 Å². The minimum Gasteiger partial charge on any atom is -0.444 e. The number of rotatable bonds is 9. The highest BCUT2D eigenvalue weighted by Gasteiger charge is 2.37. The minimum atomic E-state index is -1.14. The second-order valence-corrected chi connectivity index (χ2v) is 11.6. The van der Waals surface area contributed by atoms with Crippen molar-refractivity contribution >= 4 is 46.1 Å². The number of ether oxygens (including phenoxy) is 1. The molecule has 0 saturated carbocycles. The first-order chi connectivity index (χ1) is 18.9. The van der Waals surface area contributed by atoms with Crippen LogP contribution in [-0.2, 0) is 14.3 Å². The molecular formula is C32H37N3O4S. The zero-order valence-electron chi connectivity index (χ0n) is 23.9. The Morgan fingerprint density at radius 3 is 2.25 bits per heavy atom. The van der Waals surface area contributed by atoms with Gasteiger partial charge in [-0.3, -0.25) is 14.5 Å². The van der Waals surface area contributed by atoms with Crippen LogP contribution in [0.4, 0.5) is 10.5 Å². The van der Waals surface area contributed by atoms with Gasteiger partial charge in [0.25, 0.3) is 11.8 Å². The first kappa shape index (κ1) is 30.6. The number of aryl methyl sites for hydroxylation is 2. The third-order valence-corrected chi connectivity index (χ3v) is 6.96. The normalized spacial score (nSPS) is 12.6.